The Morgan fingerprint density at radius 1 is 0.966 bits per heavy atom. The van der Waals surface area contributed by atoms with Gasteiger partial charge in [-0.1, -0.05) is 63.5 Å². The standard InChI is InChI=1S/C22H22Br2N2O2S/c1-12(2)19-20(27)25-22(28)26(11-15-8-16(23)10-17(24)9-15)21(19)29-18-6-13(3)5-14(4)7-18/h5-10,12H,11H2,1-4H3,(H,25,27,28). The summed E-state index contributed by atoms with van der Waals surface area (Å²) in [7, 11) is 0. The van der Waals surface area contributed by atoms with E-state index in [0.29, 0.717) is 17.1 Å². The van der Waals surface area contributed by atoms with Crippen LogP contribution in [0.1, 0.15) is 42.0 Å². The van der Waals surface area contributed by atoms with E-state index in [-0.39, 0.29) is 11.5 Å². The first-order valence-corrected chi connectivity index (χ1v) is 11.6. The fourth-order valence-electron chi connectivity index (χ4n) is 3.32. The van der Waals surface area contributed by atoms with Gasteiger partial charge in [0.1, 0.15) is 0 Å². The lowest BCUT2D eigenvalue weighted by atomic mass is 10.1. The highest BCUT2D eigenvalue weighted by Crippen LogP contribution is 2.33. The summed E-state index contributed by atoms with van der Waals surface area (Å²) in [5.74, 6) is -0.0201. The van der Waals surface area contributed by atoms with Gasteiger partial charge in [0.15, 0.2) is 0 Å². The number of aromatic amines is 1. The first-order valence-electron chi connectivity index (χ1n) is 9.22. The van der Waals surface area contributed by atoms with Crippen molar-refractivity contribution in [3.8, 4) is 0 Å². The lowest BCUT2D eigenvalue weighted by Gasteiger charge is -2.18. The maximum absolute atomic E-state index is 12.8. The van der Waals surface area contributed by atoms with E-state index in [9.17, 15) is 9.59 Å². The van der Waals surface area contributed by atoms with Crippen molar-refractivity contribution in [2.45, 2.75) is 50.1 Å². The molecule has 4 nitrogen and oxygen atoms in total. The molecule has 1 aromatic heterocycles. The number of aryl methyl sites for hydroxylation is 2. The predicted octanol–water partition coefficient (Wildman–Crippen LogP) is 6.00. The van der Waals surface area contributed by atoms with Gasteiger partial charge in [0.2, 0.25) is 0 Å². The average molecular weight is 538 g/mol. The number of rotatable bonds is 5. The monoisotopic (exact) mass is 536 g/mol. The van der Waals surface area contributed by atoms with E-state index >= 15 is 0 Å². The first-order chi connectivity index (χ1) is 13.6. The maximum atomic E-state index is 12.8. The van der Waals surface area contributed by atoms with Gasteiger partial charge < -0.3 is 0 Å². The van der Waals surface area contributed by atoms with E-state index in [2.05, 4.69) is 55.0 Å². The van der Waals surface area contributed by atoms with E-state index in [1.807, 2.05) is 45.9 Å². The molecule has 0 saturated carbocycles. The molecule has 0 spiro atoms. The third-order valence-electron chi connectivity index (χ3n) is 4.44. The Hall–Kier alpha value is -1.57. The Kier molecular flexibility index (Phi) is 6.91. The van der Waals surface area contributed by atoms with E-state index in [4.69, 9.17) is 0 Å². The number of benzene rings is 2. The average Bonchev–Trinajstić information content (AvgIpc) is 2.56. The zero-order valence-corrected chi connectivity index (χ0v) is 20.7. The van der Waals surface area contributed by atoms with Gasteiger partial charge in [0.05, 0.1) is 17.1 Å². The van der Waals surface area contributed by atoms with Crippen LogP contribution in [0.2, 0.25) is 0 Å². The van der Waals surface area contributed by atoms with Crippen molar-refractivity contribution in [1.82, 2.24) is 9.55 Å². The Morgan fingerprint density at radius 2 is 1.55 bits per heavy atom. The summed E-state index contributed by atoms with van der Waals surface area (Å²) in [5, 5.41) is 0.690. The van der Waals surface area contributed by atoms with E-state index in [1.165, 1.54) is 11.8 Å². The molecule has 0 aliphatic heterocycles. The minimum Gasteiger partial charge on any atom is -0.283 e. The molecule has 1 N–H and O–H groups in total. The van der Waals surface area contributed by atoms with Crippen LogP contribution in [0.4, 0.5) is 0 Å². The molecule has 0 bridgehead atoms. The molecule has 0 amide bonds. The summed E-state index contributed by atoms with van der Waals surface area (Å²) in [6.45, 7) is 8.40. The van der Waals surface area contributed by atoms with E-state index in [0.717, 1.165) is 30.5 Å². The van der Waals surface area contributed by atoms with Gasteiger partial charge >= 0.3 is 5.69 Å². The molecule has 0 fully saturated rings. The molecule has 29 heavy (non-hydrogen) atoms. The van der Waals surface area contributed by atoms with Crippen LogP contribution in [0.5, 0.6) is 0 Å². The van der Waals surface area contributed by atoms with Crippen LogP contribution in [-0.4, -0.2) is 9.55 Å². The summed E-state index contributed by atoms with van der Waals surface area (Å²) in [6, 6.07) is 12.2. The molecule has 0 aliphatic carbocycles. The third-order valence-corrected chi connectivity index (χ3v) is 6.46. The largest absolute Gasteiger partial charge is 0.329 e. The molecule has 1 heterocycles. The number of hydrogen-bond acceptors (Lipinski definition) is 3. The summed E-state index contributed by atoms with van der Waals surface area (Å²) in [6.07, 6.45) is 0. The van der Waals surface area contributed by atoms with Gasteiger partial charge in [0.25, 0.3) is 5.56 Å². The van der Waals surface area contributed by atoms with Crippen LogP contribution in [0, 0.1) is 13.8 Å². The highest BCUT2D eigenvalue weighted by molar-refractivity contribution is 9.11. The molecular formula is C22H22Br2N2O2S. The van der Waals surface area contributed by atoms with Crippen molar-refractivity contribution in [3.63, 3.8) is 0 Å². The molecule has 3 aromatic rings. The quantitative estimate of drug-likeness (QED) is 0.406. The minimum atomic E-state index is -0.401. The Bertz CT molecular complexity index is 1140. The van der Waals surface area contributed by atoms with Gasteiger partial charge in [0, 0.05) is 13.8 Å². The molecule has 0 atom stereocenters. The van der Waals surface area contributed by atoms with Crippen molar-refractivity contribution >= 4 is 43.6 Å². The molecule has 152 valence electrons. The molecule has 0 radical (unpaired) electrons. The third kappa shape index (κ3) is 5.32. The highest BCUT2D eigenvalue weighted by atomic mass is 79.9. The number of nitrogens with zero attached hydrogens (tertiary/aromatic N) is 1. The smallest absolute Gasteiger partial charge is 0.283 e. The van der Waals surface area contributed by atoms with Crippen LogP contribution in [-0.2, 0) is 6.54 Å². The highest BCUT2D eigenvalue weighted by Gasteiger charge is 2.19. The van der Waals surface area contributed by atoms with Gasteiger partial charge in [-0.25, -0.2) is 4.79 Å². The molecule has 3 rings (SSSR count). The molecular weight excluding hydrogens is 516 g/mol. The Labute approximate surface area is 191 Å². The molecule has 2 aromatic carbocycles. The lowest BCUT2D eigenvalue weighted by Crippen LogP contribution is -2.34. The van der Waals surface area contributed by atoms with Gasteiger partial charge in [-0.05, 0) is 66.8 Å². The van der Waals surface area contributed by atoms with Crippen molar-refractivity contribution in [2.24, 2.45) is 0 Å². The molecule has 0 aliphatic rings. The minimum absolute atomic E-state index is 0.0201. The molecule has 0 unspecified atom stereocenters. The topological polar surface area (TPSA) is 54.9 Å². The van der Waals surface area contributed by atoms with E-state index in [1.54, 1.807) is 4.57 Å². The summed E-state index contributed by atoms with van der Waals surface area (Å²) < 4.78 is 3.51. The fourth-order valence-corrected chi connectivity index (χ4v) is 6.12. The maximum Gasteiger partial charge on any atom is 0.329 e. The SMILES string of the molecule is Cc1cc(C)cc(Sc2c(C(C)C)c(=O)[nH]c(=O)n2Cc2cc(Br)cc(Br)c2)c1. The van der Waals surface area contributed by atoms with Crippen LogP contribution < -0.4 is 11.2 Å². The van der Waals surface area contributed by atoms with Crippen LogP contribution in [0.3, 0.4) is 0 Å². The first kappa shape index (κ1) is 22.1. The van der Waals surface area contributed by atoms with Crippen molar-refractivity contribution in [3.05, 3.63) is 88.4 Å². The summed E-state index contributed by atoms with van der Waals surface area (Å²) >= 11 is 8.48. The lowest BCUT2D eigenvalue weighted by molar-refractivity contribution is 0.617. The number of halogens is 2. The summed E-state index contributed by atoms with van der Waals surface area (Å²) in [4.78, 5) is 29.0. The Balaban J connectivity index is 2.20. The number of hydrogen-bond donors (Lipinski definition) is 1. The van der Waals surface area contributed by atoms with Gasteiger partial charge in [-0.2, -0.15) is 0 Å². The van der Waals surface area contributed by atoms with Gasteiger partial charge in [-0.15, -0.1) is 0 Å². The van der Waals surface area contributed by atoms with Crippen LogP contribution >= 0.6 is 43.6 Å². The van der Waals surface area contributed by atoms with E-state index < -0.39 is 5.69 Å². The second-order valence-electron chi connectivity index (χ2n) is 7.42. The molecule has 0 saturated heterocycles. The van der Waals surface area contributed by atoms with Crippen LogP contribution in [0.25, 0.3) is 0 Å². The number of aromatic nitrogens is 2. The van der Waals surface area contributed by atoms with Crippen molar-refractivity contribution in [1.29, 1.82) is 0 Å². The predicted molar refractivity (Wildman–Crippen MR) is 126 cm³/mol. The second kappa shape index (κ2) is 9.06. The number of nitrogens with one attached hydrogen (secondary N) is 1. The van der Waals surface area contributed by atoms with Crippen LogP contribution in [0.15, 0.2) is 64.9 Å². The summed E-state index contributed by atoms with van der Waals surface area (Å²) in [5.41, 5.74) is 3.16. The van der Waals surface area contributed by atoms with Crippen molar-refractivity contribution < 1.29 is 0 Å². The zero-order valence-electron chi connectivity index (χ0n) is 16.7. The second-order valence-corrected chi connectivity index (χ2v) is 10.3. The fraction of sp³-hybridized carbons (Fsp3) is 0.273. The van der Waals surface area contributed by atoms with Gasteiger partial charge in [-0.3, -0.25) is 14.3 Å². The molecule has 7 heteroatoms. The van der Waals surface area contributed by atoms with Crippen molar-refractivity contribution in [2.75, 3.05) is 0 Å². The number of H-pyrrole nitrogens is 1. The zero-order chi connectivity index (χ0) is 21.3. The Morgan fingerprint density at radius 3 is 2.10 bits per heavy atom. The normalized spacial score (nSPS) is 11.3.